The van der Waals surface area contributed by atoms with E-state index in [1.807, 2.05) is 42.5 Å². The molecule has 26 heavy (non-hydrogen) atoms. The molecular weight excluding hydrogens is 332 g/mol. The first-order valence-corrected chi connectivity index (χ1v) is 7.91. The predicted octanol–water partition coefficient (Wildman–Crippen LogP) is 2.90. The van der Waals surface area contributed by atoms with Crippen LogP contribution in [0.25, 0.3) is 22.2 Å². The molecular formula is C19H14N4O3. The van der Waals surface area contributed by atoms with E-state index in [9.17, 15) is 9.59 Å². The second-order valence-corrected chi connectivity index (χ2v) is 5.56. The first-order valence-electron chi connectivity index (χ1n) is 7.91. The van der Waals surface area contributed by atoms with Crippen LogP contribution in [-0.4, -0.2) is 22.0 Å². The van der Waals surface area contributed by atoms with Crippen molar-refractivity contribution in [3.8, 4) is 11.3 Å². The van der Waals surface area contributed by atoms with E-state index in [1.165, 1.54) is 0 Å². The van der Waals surface area contributed by atoms with E-state index in [-0.39, 0.29) is 11.5 Å². The summed E-state index contributed by atoms with van der Waals surface area (Å²) in [6.45, 7) is 0. The van der Waals surface area contributed by atoms with Crippen molar-refractivity contribution in [3.63, 3.8) is 0 Å². The lowest BCUT2D eigenvalue weighted by Gasteiger charge is -2.04. The van der Waals surface area contributed by atoms with Gasteiger partial charge in [-0.05, 0) is 18.2 Å². The molecule has 0 bridgehead atoms. The van der Waals surface area contributed by atoms with Crippen molar-refractivity contribution < 1.29 is 14.0 Å². The molecule has 2 heterocycles. The van der Waals surface area contributed by atoms with Crippen molar-refractivity contribution in [2.75, 3.05) is 0 Å². The summed E-state index contributed by atoms with van der Waals surface area (Å²) in [7, 11) is 0. The summed E-state index contributed by atoms with van der Waals surface area (Å²) in [5.74, 6) is -0.414. The van der Waals surface area contributed by atoms with Crippen LogP contribution in [-0.2, 0) is 0 Å². The summed E-state index contributed by atoms with van der Waals surface area (Å²) in [6.07, 6.45) is 0. The lowest BCUT2D eigenvalue weighted by molar-refractivity contribution is 0.0829. The summed E-state index contributed by atoms with van der Waals surface area (Å²) in [5.41, 5.74) is 6.47. The van der Waals surface area contributed by atoms with Gasteiger partial charge in [0.15, 0.2) is 11.5 Å². The summed E-state index contributed by atoms with van der Waals surface area (Å²) in [6, 6.07) is 19.9. The van der Waals surface area contributed by atoms with Crippen LogP contribution in [0.2, 0.25) is 0 Å². The quantitative estimate of drug-likeness (QED) is 0.497. The maximum Gasteiger partial charge on any atom is 0.305 e. The fourth-order valence-electron chi connectivity index (χ4n) is 2.59. The number of hydrogen-bond acceptors (Lipinski definition) is 4. The molecule has 0 radical (unpaired) electrons. The van der Waals surface area contributed by atoms with Gasteiger partial charge in [0.25, 0.3) is 5.91 Å². The normalized spacial score (nSPS) is 10.6. The number of aromatic nitrogens is 2. The zero-order valence-corrected chi connectivity index (χ0v) is 13.5. The van der Waals surface area contributed by atoms with Crippen LogP contribution >= 0.6 is 0 Å². The zero-order chi connectivity index (χ0) is 17.9. The van der Waals surface area contributed by atoms with Crippen LogP contribution in [0.5, 0.6) is 0 Å². The Labute approximate surface area is 148 Å². The molecule has 2 aromatic heterocycles. The number of hydrazine groups is 1. The number of aromatic amines is 1. The topological polar surface area (TPSA) is 100 Å². The van der Waals surface area contributed by atoms with Gasteiger partial charge in [0.2, 0.25) is 0 Å². The molecule has 0 unspecified atom stereocenters. The van der Waals surface area contributed by atoms with Crippen LogP contribution in [0.3, 0.4) is 0 Å². The number of rotatable bonds is 3. The van der Waals surface area contributed by atoms with Gasteiger partial charge in [-0.25, -0.2) is 0 Å². The molecule has 0 aliphatic rings. The van der Waals surface area contributed by atoms with Gasteiger partial charge >= 0.3 is 5.91 Å². The standard InChI is InChI=1S/C19H14N4O3/c24-18(16-11-10-15(26-16)12-6-2-1-3-7-12)22-23-19(25)17-13-8-4-5-9-14(13)20-21-17/h1-11H,(H,20,21)(H,22,24)(H,23,25). The smallest absolute Gasteiger partial charge is 0.305 e. The molecule has 128 valence electrons. The lowest BCUT2D eigenvalue weighted by Crippen LogP contribution is -2.41. The highest BCUT2D eigenvalue weighted by Gasteiger charge is 2.16. The average molecular weight is 346 g/mol. The van der Waals surface area contributed by atoms with Gasteiger partial charge in [-0.15, -0.1) is 0 Å². The van der Waals surface area contributed by atoms with Crippen molar-refractivity contribution in [2.45, 2.75) is 0 Å². The highest BCUT2D eigenvalue weighted by Crippen LogP contribution is 2.21. The average Bonchev–Trinajstić information content (AvgIpc) is 3.34. The van der Waals surface area contributed by atoms with Gasteiger partial charge < -0.3 is 4.42 Å². The fourth-order valence-corrected chi connectivity index (χ4v) is 2.59. The molecule has 2 aromatic carbocycles. The second-order valence-electron chi connectivity index (χ2n) is 5.56. The number of nitrogens with one attached hydrogen (secondary N) is 3. The number of amides is 2. The number of H-pyrrole nitrogens is 1. The Hall–Kier alpha value is -3.87. The van der Waals surface area contributed by atoms with Crippen molar-refractivity contribution >= 4 is 22.7 Å². The third kappa shape index (κ3) is 2.93. The number of nitrogens with zero attached hydrogens (tertiary/aromatic N) is 1. The molecule has 0 saturated heterocycles. The number of furan rings is 1. The Kier molecular flexibility index (Phi) is 3.95. The van der Waals surface area contributed by atoms with Gasteiger partial charge in [-0.3, -0.25) is 25.5 Å². The molecule has 7 nitrogen and oxygen atoms in total. The van der Waals surface area contributed by atoms with Gasteiger partial charge in [0, 0.05) is 10.9 Å². The maximum absolute atomic E-state index is 12.2. The number of hydrogen-bond donors (Lipinski definition) is 3. The summed E-state index contributed by atoms with van der Waals surface area (Å²) in [5, 5.41) is 7.42. The van der Waals surface area contributed by atoms with E-state index >= 15 is 0 Å². The van der Waals surface area contributed by atoms with Crippen molar-refractivity contribution in [1.29, 1.82) is 0 Å². The molecule has 0 aliphatic carbocycles. The maximum atomic E-state index is 12.2. The Bertz CT molecular complexity index is 1080. The summed E-state index contributed by atoms with van der Waals surface area (Å²) in [4.78, 5) is 24.4. The molecule has 3 N–H and O–H groups in total. The SMILES string of the molecule is O=C(NNC(=O)c1n[nH]c2ccccc12)c1ccc(-c2ccccc2)o1. The van der Waals surface area contributed by atoms with Crippen molar-refractivity contribution in [1.82, 2.24) is 21.0 Å². The third-order valence-corrected chi connectivity index (χ3v) is 3.86. The monoisotopic (exact) mass is 346 g/mol. The molecule has 0 saturated carbocycles. The molecule has 7 heteroatoms. The minimum absolute atomic E-state index is 0.0936. The molecule has 0 aliphatic heterocycles. The molecule has 4 rings (SSSR count). The van der Waals surface area contributed by atoms with Crippen LogP contribution < -0.4 is 10.9 Å². The van der Waals surface area contributed by atoms with Crippen LogP contribution in [0.1, 0.15) is 21.0 Å². The highest BCUT2D eigenvalue weighted by atomic mass is 16.4. The van der Waals surface area contributed by atoms with E-state index in [0.29, 0.717) is 11.1 Å². The molecule has 4 aromatic rings. The Morgan fingerprint density at radius 1 is 0.846 bits per heavy atom. The number of para-hydroxylation sites is 1. The largest absolute Gasteiger partial charge is 0.451 e. The van der Waals surface area contributed by atoms with E-state index in [2.05, 4.69) is 21.0 Å². The van der Waals surface area contributed by atoms with Gasteiger partial charge in [0.1, 0.15) is 5.76 Å². The first-order chi connectivity index (χ1) is 12.7. The second kappa shape index (κ2) is 6.56. The Morgan fingerprint density at radius 2 is 1.58 bits per heavy atom. The minimum atomic E-state index is -0.555. The number of benzene rings is 2. The van der Waals surface area contributed by atoms with E-state index in [0.717, 1.165) is 11.1 Å². The van der Waals surface area contributed by atoms with Gasteiger partial charge in [-0.1, -0.05) is 48.5 Å². The molecule has 0 atom stereocenters. The summed E-state index contributed by atoms with van der Waals surface area (Å²) < 4.78 is 5.54. The molecule has 0 fully saturated rings. The third-order valence-electron chi connectivity index (χ3n) is 3.86. The molecule has 0 spiro atoms. The van der Waals surface area contributed by atoms with Crippen LogP contribution in [0, 0.1) is 0 Å². The Morgan fingerprint density at radius 3 is 2.42 bits per heavy atom. The highest BCUT2D eigenvalue weighted by molar-refractivity contribution is 6.05. The van der Waals surface area contributed by atoms with Gasteiger partial charge in [-0.2, -0.15) is 5.10 Å². The minimum Gasteiger partial charge on any atom is -0.451 e. The molecule has 2 amide bonds. The van der Waals surface area contributed by atoms with Crippen LogP contribution in [0.4, 0.5) is 0 Å². The zero-order valence-electron chi connectivity index (χ0n) is 13.5. The summed E-state index contributed by atoms with van der Waals surface area (Å²) >= 11 is 0. The lowest BCUT2D eigenvalue weighted by atomic mass is 10.2. The number of fused-ring (bicyclic) bond motifs is 1. The Balaban J connectivity index is 1.44. The van der Waals surface area contributed by atoms with Gasteiger partial charge in [0.05, 0.1) is 5.52 Å². The van der Waals surface area contributed by atoms with E-state index < -0.39 is 11.8 Å². The fraction of sp³-hybridized carbons (Fsp3) is 0. The predicted molar refractivity (Wildman–Crippen MR) is 95.2 cm³/mol. The van der Waals surface area contributed by atoms with E-state index in [4.69, 9.17) is 4.42 Å². The first kappa shape index (κ1) is 15.6. The van der Waals surface area contributed by atoms with Crippen molar-refractivity contribution in [3.05, 3.63) is 78.2 Å². The van der Waals surface area contributed by atoms with Crippen molar-refractivity contribution in [2.24, 2.45) is 0 Å². The number of carbonyl (C=O) groups excluding carboxylic acids is 2. The van der Waals surface area contributed by atoms with E-state index in [1.54, 1.807) is 24.3 Å². The van der Waals surface area contributed by atoms with Crippen LogP contribution in [0.15, 0.2) is 71.1 Å². The number of carbonyl (C=O) groups is 2.